The van der Waals surface area contributed by atoms with Crippen LogP contribution >= 0.6 is 0 Å². The molecule has 0 heterocycles. The smallest absolute Gasteiger partial charge is 0.408 e. The van der Waals surface area contributed by atoms with E-state index in [-0.39, 0.29) is 31.1 Å². The van der Waals surface area contributed by atoms with Crippen LogP contribution < -0.4 is 16.0 Å². The molecule has 3 amide bonds. The summed E-state index contributed by atoms with van der Waals surface area (Å²) in [4.78, 5) is 59.2. The summed E-state index contributed by atoms with van der Waals surface area (Å²) in [5.41, 5.74) is -0.713. The van der Waals surface area contributed by atoms with Gasteiger partial charge < -0.3 is 25.4 Å². The van der Waals surface area contributed by atoms with Gasteiger partial charge in [0, 0.05) is 6.42 Å². The van der Waals surface area contributed by atoms with E-state index in [0.717, 1.165) is 0 Å². The predicted molar refractivity (Wildman–Crippen MR) is 105 cm³/mol. The lowest BCUT2D eigenvalue weighted by Crippen LogP contribution is -2.55. The fourth-order valence-corrected chi connectivity index (χ4v) is 2.11. The second-order valence-electron chi connectivity index (χ2n) is 7.93. The van der Waals surface area contributed by atoms with Crippen LogP contribution in [0.4, 0.5) is 4.79 Å². The van der Waals surface area contributed by atoms with E-state index < -0.39 is 41.6 Å². The molecule has 0 aliphatic heterocycles. The summed E-state index contributed by atoms with van der Waals surface area (Å²) < 4.78 is 9.59. The van der Waals surface area contributed by atoms with Gasteiger partial charge in [-0.05, 0) is 33.6 Å². The second kappa shape index (κ2) is 12.0. The molecule has 0 spiro atoms. The molecule has 29 heavy (non-hydrogen) atoms. The number of alkyl carbamates (subject to hydrolysis) is 1. The van der Waals surface area contributed by atoms with Crippen molar-refractivity contribution in [2.45, 2.75) is 72.1 Å². The Morgan fingerprint density at radius 1 is 0.897 bits per heavy atom. The highest BCUT2D eigenvalue weighted by atomic mass is 16.6. The standard InChI is InChI=1S/C19H33N3O7/c1-11(2)15(22-18(27)29-19(4,5)6)17(26)21-12(3)16(25)20-10-13(23)8-9-14(24)28-7/h11-12,15H,8-10H2,1-7H3,(H,20,25)(H,21,26)(H,22,27)/t12-,15-/m0/s1. The van der Waals surface area contributed by atoms with Gasteiger partial charge in [-0.3, -0.25) is 19.2 Å². The summed E-state index contributed by atoms with van der Waals surface area (Å²) in [7, 11) is 1.22. The van der Waals surface area contributed by atoms with Gasteiger partial charge >= 0.3 is 12.1 Å². The van der Waals surface area contributed by atoms with Crippen molar-refractivity contribution in [1.29, 1.82) is 0 Å². The fraction of sp³-hybridized carbons (Fsp3) is 0.737. The van der Waals surface area contributed by atoms with Crippen molar-refractivity contribution in [3.63, 3.8) is 0 Å². The minimum Gasteiger partial charge on any atom is -0.469 e. The van der Waals surface area contributed by atoms with Crippen LogP contribution in [0.25, 0.3) is 0 Å². The topological polar surface area (TPSA) is 140 Å². The normalized spacial score (nSPS) is 13.1. The summed E-state index contributed by atoms with van der Waals surface area (Å²) in [6.07, 6.45) is -0.855. The lowest BCUT2D eigenvalue weighted by Gasteiger charge is -2.26. The van der Waals surface area contributed by atoms with Gasteiger partial charge in [0.1, 0.15) is 17.7 Å². The Kier molecular flexibility index (Phi) is 10.9. The van der Waals surface area contributed by atoms with Crippen molar-refractivity contribution in [1.82, 2.24) is 16.0 Å². The van der Waals surface area contributed by atoms with Crippen LogP contribution in [0.2, 0.25) is 0 Å². The van der Waals surface area contributed by atoms with E-state index >= 15 is 0 Å². The van der Waals surface area contributed by atoms with E-state index in [2.05, 4.69) is 20.7 Å². The number of ether oxygens (including phenoxy) is 2. The summed E-state index contributed by atoms with van der Waals surface area (Å²) in [6, 6.07) is -1.83. The number of carbonyl (C=O) groups is 5. The SMILES string of the molecule is COC(=O)CCC(=O)CNC(=O)[C@H](C)NC(=O)[C@@H](NC(=O)OC(C)(C)C)C(C)C. The molecule has 3 N–H and O–H groups in total. The van der Waals surface area contributed by atoms with Crippen LogP contribution in [-0.4, -0.2) is 61.0 Å². The average Bonchev–Trinajstić information content (AvgIpc) is 2.59. The Hall–Kier alpha value is -2.65. The van der Waals surface area contributed by atoms with Crippen molar-refractivity contribution in [3.05, 3.63) is 0 Å². The molecule has 0 bridgehead atoms. The molecular weight excluding hydrogens is 382 g/mol. The van der Waals surface area contributed by atoms with Gasteiger partial charge in [0.2, 0.25) is 11.8 Å². The molecule has 0 aliphatic rings. The van der Waals surface area contributed by atoms with Gasteiger partial charge in [0.25, 0.3) is 0 Å². The third kappa shape index (κ3) is 11.7. The van der Waals surface area contributed by atoms with Crippen molar-refractivity contribution < 1.29 is 33.4 Å². The van der Waals surface area contributed by atoms with Gasteiger partial charge in [-0.1, -0.05) is 13.8 Å². The minimum absolute atomic E-state index is 0.0527. The van der Waals surface area contributed by atoms with Gasteiger partial charge in [0.05, 0.1) is 20.1 Å². The molecule has 0 aromatic rings. The molecule has 0 rings (SSSR count). The molecule has 0 radical (unpaired) electrons. The number of carbonyl (C=O) groups excluding carboxylic acids is 5. The number of hydrogen-bond donors (Lipinski definition) is 3. The molecule has 2 atom stereocenters. The van der Waals surface area contributed by atoms with Crippen LogP contribution in [0, 0.1) is 5.92 Å². The molecule has 0 saturated carbocycles. The second-order valence-corrected chi connectivity index (χ2v) is 7.93. The number of rotatable bonds is 10. The van der Waals surface area contributed by atoms with E-state index in [1.54, 1.807) is 34.6 Å². The zero-order chi connectivity index (χ0) is 22.8. The molecule has 166 valence electrons. The van der Waals surface area contributed by atoms with Crippen LogP contribution in [0.3, 0.4) is 0 Å². The third-order valence-electron chi connectivity index (χ3n) is 3.67. The minimum atomic E-state index is -0.933. The quantitative estimate of drug-likeness (QED) is 0.446. The molecule has 0 aliphatic carbocycles. The Bertz CT molecular complexity index is 611. The Balaban J connectivity index is 4.61. The van der Waals surface area contributed by atoms with Gasteiger partial charge in [-0.15, -0.1) is 0 Å². The maximum absolute atomic E-state index is 12.5. The zero-order valence-corrected chi connectivity index (χ0v) is 18.2. The van der Waals surface area contributed by atoms with E-state index in [1.165, 1.54) is 14.0 Å². The number of amides is 3. The fourth-order valence-electron chi connectivity index (χ4n) is 2.11. The number of nitrogens with one attached hydrogen (secondary N) is 3. The first-order valence-electron chi connectivity index (χ1n) is 9.43. The van der Waals surface area contributed by atoms with Crippen molar-refractivity contribution in [2.75, 3.05) is 13.7 Å². The van der Waals surface area contributed by atoms with E-state index in [4.69, 9.17) is 4.74 Å². The van der Waals surface area contributed by atoms with E-state index in [0.29, 0.717) is 0 Å². The lowest BCUT2D eigenvalue weighted by atomic mass is 10.0. The Morgan fingerprint density at radius 3 is 1.97 bits per heavy atom. The van der Waals surface area contributed by atoms with Gasteiger partial charge in [0.15, 0.2) is 5.78 Å². The number of ketones is 1. The molecule has 0 aromatic carbocycles. The highest BCUT2D eigenvalue weighted by Crippen LogP contribution is 2.09. The summed E-state index contributed by atoms with van der Waals surface area (Å²) in [5, 5.41) is 7.40. The first-order valence-corrected chi connectivity index (χ1v) is 9.43. The van der Waals surface area contributed by atoms with Gasteiger partial charge in [-0.25, -0.2) is 4.79 Å². The van der Waals surface area contributed by atoms with Crippen LogP contribution in [0.5, 0.6) is 0 Å². The van der Waals surface area contributed by atoms with Crippen LogP contribution in [-0.2, 0) is 28.7 Å². The number of hydrogen-bond acceptors (Lipinski definition) is 7. The lowest BCUT2D eigenvalue weighted by molar-refractivity contribution is -0.141. The number of esters is 1. The Morgan fingerprint density at radius 2 is 1.48 bits per heavy atom. The summed E-state index contributed by atoms with van der Waals surface area (Å²) in [5.74, 6) is -2.22. The molecular formula is C19H33N3O7. The van der Waals surface area contributed by atoms with Crippen molar-refractivity contribution in [3.8, 4) is 0 Å². The first-order chi connectivity index (χ1) is 13.3. The number of methoxy groups -OCH3 is 1. The van der Waals surface area contributed by atoms with Crippen molar-refractivity contribution >= 4 is 29.7 Å². The highest BCUT2D eigenvalue weighted by molar-refractivity contribution is 5.93. The highest BCUT2D eigenvalue weighted by Gasteiger charge is 2.29. The molecule has 0 fully saturated rings. The first kappa shape index (κ1) is 26.4. The molecule has 0 aromatic heterocycles. The zero-order valence-electron chi connectivity index (χ0n) is 18.2. The van der Waals surface area contributed by atoms with Crippen LogP contribution in [0.15, 0.2) is 0 Å². The van der Waals surface area contributed by atoms with E-state index in [9.17, 15) is 24.0 Å². The molecule has 10 heteroatoms. The molecule has 0 unspecified atom stereocenters. The summed E-state index contributed by atoms with van der Waals surface area (Å²) >= 11 is 0. The average molecular weight is 415 g/mol. The van der Waals surface area contributed by atoms with Gasteiger partial charge in [-0.2, -0.15) is 0 Å². The third-order valence-corrected chi connectivity index (χ3v) is 3.67. The molecule has 0 saturated heterocycles. The predicted octanol–water partition coefficient (Wildman–Crippen LogP) is 0.679. The monoisotopic (exact) mass is 415 g/mol. The van der Waals surface area contributed by atoms with Crippen LogP contribution in [0.1, 0.15) is 54.4 Å². The largest absolute Gasteiger partial charge is 0.469 e. The maximum Gasteiger partial charge on any atom is 0.408 e. The van der Waals surface area contributed by atoms with E-state index in [1.807, 2.05) is 0 Å². The summed E-state index contributed by atoms with van der Waals surface area (Å²) in [6.45, 7) is 9.79. The maximum atomic E-state index is 12.5. The van der Waals surface area contributed by atoms with Crippen molar-refractivity contribution in [2.24, 2.45) is 5.92 Å². The Labute approximate surface area is 171 Å². The molecule has 10 nitrogen and oxygen atoms in total. The number of Topliss-reactive ketones (excluding diaryl/α,β-unsaturated/α-hetero) is 1.